The first-order chi connectivity index (χ1) is 3.18. The van der Waals surface area contributed by atoms with Gasteiger partial charge in [0.15, 0.2) is 5.78 Å². The quantitative estimate of drug-likeness (QED) is 0.568. The summed E-state index contributed by atoms with van der Waals surface area (Å²) < 4.78 is 0.468. The molecule has 0 N–H and O–H groups in total. The molecule has 1 nitrogen and oxygen atoms in total. The first-order valence-corrected chi connectivity index (χ1v) is 2.85. The molecule has 0 aromatic rings. The maximum atomic E-state index is 10.4. The summed E-state index contributed by atoms with van der Waals surface area (Å²) in [6.07, 6.45) is 0.532. The van der Waals surface area contributed by atoms with Crippen molar-refractivity contribution in [2.45, 2.75) is 13.3 Å². The summed E-state index contributed by atoms with van der Waals surface area (Å²) in [7, 11) is 0. The summed E-state index contributed by atoms with van der Waals surface area (Å²) in [6, 6.07) is 0. The highest BCUT2D eigenvalue weighted by atomic mass is 79.9. The van der Waals surface area contributed by atoms with E-state index in [0.717, 1.165) is 0 Å². The van der Waals surface area contributed by atoms with E-state index in [2.05, 4.69) is 22.5 Å². The van der Waals surface area contributed by atoms with Crippen molar-refractivity contribution < 1.29 is 4.79 Å². The molecular weight excluding hydrogens is 156 g/mol. The SMILES string of the molecule is C=C(Br)C(=O)CC. The van der Waals surface area contributed by atoms with Gasteiger partial charge < -0.3 is 0 Å². The van der Waals surface area contributed by atoms with Gasteiger partial charge in [-0.3, -0.25) is 4.79 Å². The fourth-order valence-electron chi connectivity index (χ4n) is 0.192. The number of carbonyl (C=O) groups excluding carboxylic acids is 1. The zero-order chi connectivity index (χ0) is 5.86. The van der Waals surface area contributed by atoms with Gasteiger partial charge in [-0.1, -0.05) is 13.5 Å². The van der Waals surface area contributed by atoms with Gasteiger partial charge in [-0.05, 0) is 15.9 Å². The summed E-state index contributed by atoms with van der Waals surface area (Å²) in [5, 5.41) is 0. The van der Waals surface area contributed by atoms with E-state index in [9.17, 15) is 4.79 Å². The molecule has 0 bridgehead atoms. The highest BCUT2D eigenvalue weighted by Gasteiger charge is 1.95. The van der Waals surface area contributed by atoms with E-state index < -0.39 is 0 Å². The standard InChI is InChI=1S/C5H7BrO/c1-3-5(7)4(2)6/h2-3H2,1H3. The van der Waals surface area contributed by atoms with E-state index >= 15 is 0 Å². The maximum absolute atomic E-state index is 10.4. The van der Waals surface area contributed by atoms with Crippen LogP contribution in [0.25, 0.3) is 0 Å². The Balaban J connectivity index is 3.58. The van der Waals surface area contributed by atoms with Gasteiger partial charge in [0.05, 0.1) is 4.48 Å². The second-order valence-electron chi connectivity index (χ2n) is 1.18. The largest absolute Gasteiger partial charge is 0.294 e. The lowest BCUT2D eigenvalue weighted by Gasteiger charge is -1.85. The van der Waals surface area contributed by atoms with E-state index in [-0.39, 0.29) is 5.78 Å². The summed E-state index contributed by atoms with van der Waals surface area (Å²) in [5.74, 6) is 0.0694. The van der Waals surface area contributed by atoms with E-state index in [0.29, 0.717) is 10.9 Å². The zero-order valence-electron chi connectivity index (χ0n) is 4.20. The van der Waals surface area contributed by atoms with Gasteiger partial charge in [0.1, 0.15) is 0 Å². The molecule has 40 valence electrons. The molecule has 0 aliphatic heterocycles. The van der Waals surface area contributed by atoms with Crippen molar-refractivity contribution in [1.82, 2.24) is 0 Å². The van der Waals surface area contributed by atoms with E-state index in [1.807, 2.05) is 0 Å². The minimum absolute atomic E-state index is 0.0694. The summed E-state index contributed by atoms with van der Waals surface area (Å²) in [4.78, 5) is 10.4. The average molecular weight is 163 g/mol. The highest BCUT2D eigenvalue weighted by molar-refractivity contribution is 9.12. The van der Waals surface area contributed by atoms with Crippen LogP contribution < -0.4 is 0 Å². The van der Waals surface area contributed by atoms with E-state index in [4.69, 9.17) is 0 Å². The van der Waals surface area contributed by atoms with Gasteiger partial charge in [0.2, 0.25) is 0 Å². The molecule has 0 amide bonds. The third kappa shape index (κ3) is 2.57. The van der Waals surface area contributed by atoms with Crippen molar-refractivity contribution in [3.63, 3.8) is 0 Å². The summed E-state index contributed by atoms with van der Waals surface area (Å²) in [5.41, 5.74) is 0. The Morgan fingerprint density at radius 3 is 2.29 bits per heavy atom. The van der Waals surface area contributed by atoms with Crippen LogP contribution in [0.4, 0.5) is 0 Å². The second-order valence-corrected chi connectivity index (χ2v) is 2.14. The fourth-order valence-corrected chi connectivity index (χ4v) is 0.472. The fraction of sp³-hybridized carbons (Fsp3) is 0.400. The zero-order valence-corrected chi connectivity index (χ0v) is 5.79. The van der Waals surface area contributed by atoms with Crippen molar-refractivity contribution in [3.05, 3.63) is 11.1 Å². The summed E-state index contributed by atoms with van der Waals surface area (Å²) >= 11 is 2.96. The molecule has 0 spiro atoms. The molecule has 0 saturated heterocycles. The topological polar surface area (TPSA) is 17.1 Å². The Hall–Kier alpha value is -0.110. The average Bonchev–Trinajstić information content (AvgIpc) is 1.65. The van der Waals surface area contributed by atoms with Crippen molar-refractivity contribution >= 4 is 21.7 Å². The number of allylic oxidation sites excluding steroid dienone is 1. The van der Waals surface area contributed by atoms with Crippen molar-refractivity contribution in [2.75, 3.05) is 0 Å². The molecule has 0 unspecified atom stereocenters. The van der Waals surface area contributed by atoms with Crippen LogP contribution in [0, 0.1) is 0 Å². The third-order valence-electron chi connectivity index (χ3n) is 0.624. The first kappa shape index (κ1) is 6.89. The maximum Gasteiger partial charge on any atom is 0.168 e. The number of Topliss-reactive ketones (excluding diaryl/α,β-unsaturated/α-hetero) is 1. The number of ketones is 1. The molecule has 7 heavy (non-hydrogen) atoms. The predicted molar refractivity (Wildman–Crippen MR) is 33.4 cm³/mol. The molecular formula is C5H7BrO. The van der Waals surface area contributed by atoms with Crippen LogP contribution in [-0.4, -0.2) is 5.78 Å². The Morgan fingerprint density at radius 2 is 2.29 bits per heavy atom. The summed E-state index contributed by atoms with van der Waals surface area (Å²) in [6.45, 7) is 5.19. The molecule has 0 aromatic heterocycles. The molecule has 0 rings (SSSR count). The Morgan fingerprint density at radius 1 is 1.86 bits per heavy atom. The smallest absolute Gasteiger partial charge is 0.168 e. The third-order valence-corrected chi connectivity index (χ3v) is 1.07. The molecule has 0 saturated carbocycles. The number of hydrogen-bond acceptors (Lipinski definition) is 1. The van der Waals surface area contributed by atoms with Gasteiger partial charge in [-0.15, -0.1) is 0 Å². The molecule has 0 fully saturated rings. The second kappa shape index (κ2) is 2.97. The molecule has 0 aliphatic carbocycles. The van der Waals surface area contributed by atoms with Gasteiger partial charge in [-0.2, -0.15) is 0 Å². The van der Waals surface area contributed by atoms with Gasteiger partial charge in [-0.25, -0.2) is 0 Å². The lowest BCUT2D eigenvalue weighted by molar-refractivity contribution is -0.114. The van der Waals surface area contributed by atoms with Crippen LogP contribution in [-0.2, 0) is 4.79 Å². The molecule has 0 atom stereocenters. The molecule has 2 heteroatoms. The Kier molecular flexibility index (Phi) is 2.92. The number of carbonyl (C=O) groups is 1. The first-order valence-electron chi connectivity index (χ1n) is 2.06. The van der Waals surface area contributed by atoms with Crippen LogP contribution >= 0.6 is 15.9 Å². The number of hydrogen-bond donors (Lipinski definition) is 0. The van der Waals surface area contributed by atoms with Gasteiger partial charge >= 0.3 is 0 Å². The normalized spacial score (nSPS) is 8.29. The predicted octanol–water partition coefficient (Wildman–Crippen LogP) is 1.87. The van der Waals surface area contributed by atoms with Crippen LogP contribution in [0.3, 0.4) is 0 Å². The molecule has 0 radical (unpaired) electrons. The van der Waals surface area contributed by atoms with Crippen LogP contribution in [0.15, 0.2) is 11.1 Å². The van der Waals surface area contributed by atoms with Crippen molar-refractivity contribution in [2.24, 2.45) is 0 Å². The van der Waals surface area contributed by atoms with Gasteiger partial charge in [0.25, 0.3) is 0 Å². The minimum Gasteiger partial charge on any atom is -0.294 e. The Labute approximate surface area is 51.5 Å². The monoisotopic (exact) mass is 162 g/mol. The Bertz CT molecular complexity index is 96.3. The molecule has 0 aliphatic rings. The lowest BCUT2D eigenvalue weighted by Crippen LogP contribution is -1.90. The van der Waals surface area contributed by atoms with Crippen LogP contribution in [0.1, 0.15) is 13.3 Å². The number of halogens is 1. The van der Waals surface area contributed by atoms with Crippen molar-refractivity contribution in [1.29, 1.82) is 0 Å². The number of rotatable bonds is 2. The minimum atomic E-state index is 0.0694. The molecule has 0 aromatic carbocycles. The van der Waals surface area contributed by atoms with Gasteiger partial charge in [0, 0.05) is 6.42 Å². The lowest BCUT2D eigenvalue weighted by atomic mass is 10.3. The van der Waals surface area contributed by atoms with E-state index in [1.54, 1.807) is 6.92 Å². The van der Waals surface area contributed by atoms with E-state index in [1.165, 1.54) is 0 Å². The van der Waals surface area contributed by atoms with Crippen LogP contribution in [0.5, 0.6) is 0 Å². The van der Waals surface area contributed by atoms with Crippen LogP contribution in [0.2, 0.25) is 0 Å². The van der Waals surface area contributed by atoms with Crippen molar-refractivity contribution in [3.8, 4) is 0 Å². The molecule has 0 heterocycles. The highest BCUT2D eigenvalue weighted by Crippen LogP contribution is 2.03.